The molecule has 1 aromatic carbocycles. The number of rotatable bonds is 7. The van der Waals surface area contributed by atoms with E-state index in [4.69, 9.17) is 0 Å². The maximum absolute atomic E-state index is 3.61. The zero-order valence-corrected chi connectivity index (χ0v) is 14.4. The van der Waals surface area contributed by atoms with Crippen LogP contribution in [0, 0.1) is 5.92 Å². The van der Waals surface area contributed by atoms with Crippen LogP contribution in [0.5, 0.6) is 0 Å². The van der Waals surface area contributed by atoms with Gasteiger partial charge in [-0.1, -0.05) is 50.3 Å². The van der Waals surface area contributed by atoms with Crippen LogP contribution in [0.2, 0.25) is 0 Å². The minimum atomic E-state index is 0.562. The SMILES string of the molecule is CC/C=C(/C(C)CNCc1ccccc1)N1CCN(C)CC1. The number of allylic oxidation sites excluding steroid dienone is 1. The lowest BCUT2D eigenvalue weighted by Gasteiger charge is -2.38. The van der Waals surface area contributed by atoms with Crippen molar-refractivity contribution in [1.82, 2.24) is 15.1 Å². The first-order chi connectivity index (χ1) is 10.7. The van der Waals surface area contributed by atoms with Crippen molar-refractivity contribution in [3.63, 3.8) is 0 Å². The lowest BCUT2D eigenvalue weighted by atomic mass is 10.0. The highest BCUT2D eigenvalue weighted by Crippen LogP contribution is 2.18. The van der Waals surface area contributed by atoms with Gasteiger partial charge in [0.2, 0.25) is 0 Å². The molecule has 0 spiro atoms. The highest BCUT2D eigenvalue weighted by Gasteiger charge is 2.19. The lowest BCUT2D eigenvalue weighted by Crippen LogP contribution is -2.45. The molecule has 1 aliphatic rings. The number of nitrogens with one attached hydrogen (secondary N) is 1. The summed E-state index contributed by atoms with van der Waals surface area (Å²) in [6, 6.07) is 10.6. The smallest absolute Gasteiger partial charge is 0.0303 e. The monoisotopic (exact) mass is 301 g/mol. The first kappa shape index (κ1) is 17.0. The van der Waals surface area contributed by atoms with Gasteiger partial charge in [-0.2, -0.15) is 0 Å². The molecule has 1 unspecified atom stereocenters. The van der Waals surface area contributed by atoms with Crippen LogP contribution in [0.3, 0.4) is 0 Å². The number of piperazine rings is 1. The normalized spacial score (nSPS) is 18.5. The molecule has 1 N–H and O–H groups in total. The Morgan fingerprint density at radius 2 is 1.86 bits per heavy atom. The second-order valence-corrected chi connectivity index (χ2v) is 6.35. The van der Waals surface area contributed by atoms with E-state index in [-0.39, 0.29) is 0 Å². The maximum Gasteiger partial charge on any atom is 0.0303 e. The second-order valence-electron chi connectivity index (χ2n) is 6.35. The van der Waals surface area contributed by atoms with Crippen LogP contribution < -0.4 is 5.32 Å². The summed E-state index contributed by atoms with van der Waals surface area (Å²) in [5.74, 6) is 0.562. The maximum atomic E-state index is 3.61. The lowest BCUT2D eigenvalue weighted by molar-refractivity contribution is 0.173. The third-order valence-corrected chi connectivity index (χ3v) is 4.41. The standard InChI is InChI=1S/C19H31N3/c1-4-8-19(22-13-11-21(3)12-14-22)17(2)15-20-16-18-9-6-5-7-10-18/h5-10,17,20H,4,11-16H2,1-3H3/b19-8-. The molecule has 0 aliphatic carbocycles. The second kappa shape index (κ2) is 8.96. The highest BCUT2D eigenvalue weighted by atomic mass is 15.3. The van der Waals surface area contributed by atoms with Gasteiger partial charge < -0.3 is 15.1 Å². The van der Waals surface area contributed by atoms with E-state index in [0.717, 1.165) is 32.6 Å². The summed E-state index contributed by atoms with van der Waals surface area (Å²) in [5, 5.41) is 3.61. The molecule has 0 aromatic heterocycles. The minimum absolute atomic E-state index is 0.562. The molecule has 1 aromatic rings. The van der Waals surface area contributed by atoms with Gasteiger partial charge in [0, 0.05) is 50.9 Å². The molecule has 1 saturated heterocycles. The fourth-order valence-corrected chi connectivity index (χ4v) is 3.05. The van der Waals surface area contributed by atoms with Crippen LogP contribution in [0.4, 0.5) is 0 Å². The molecular formula is C19H31N3. The Hall–Kier alpha value is -1.32. The van der Waals surface area contributed by atoms with E-state index in [1.807, 2.05) is 0 Å². The average Bonchev–Trinajstić information content (AvgIpc) is 2.54. The van der Waals surface area contributed by atoms with E-state index in [9.17, 15) is 0 Å². The van der Waals surface area contributed by atoms with Crippen LogP contribution >= 0.6 is 0 Å². The Morgan fingerprint density at radius 3 is 2.50 bits per heavy atom. The first-order valence-electron chi connectivity index (χ1n) is 8.59. The first-order valence-corrected chi connectivity index (χ1v) is 8.59. The number of nitrogens with zero attached hydrogens (tertiary/aromatic N) is 2. The van der Waals surface area contributed by atoms with Crippen LogP contribution in [0.1, 0.15) is 25.8 Å². The molecule has 3 nitrogen and oxygen atoms in total. The molecule has 122 valence electrons. The molecule has 0 bridgehead atoms. The largest absolute Gasteiger partial charge is 0.372 e. The molecule has 1 atom stereocenters. The molecule has 1 aliphatic heterocycles. The van der Waals surface area contributed by atoms with E-state index >= 15 is 0 Å². The third kappa shape index (κ3) is 5.15. The predicted molar refractivity (Wildman–Crippen MR) is 94.8 cm³/mol. The topological polar surface area (TPSA) is 18.5 Å². The molecule has 1 fully saturated rings. The number of hydrogen-bond donors (Lipinski definition) is 1. The van der Waals surface area contributed by atoms with Gasteiger partial charge in [0.1, 0.15) is 0 Å². The van der Waals surface area contributed by atoms with Crippen molar-refractivity contribution < 1.29 is 0 Å². The van der Waals surface area contributed by atoms with E-state index in [2.05, 4.69) is 72.4 Å². The van der Waals surface area contributed by atoms with Gasteiger partial charge >= 0.3 is 0 Å². The van der Waals surface area contributed by atoms with Gasteiger partial charge in [-0.15, -0.1) is 0 Å². The van der Waals surface area contributed by atoms with Crippen molar-refractivity contribution in [2.24, 2.45) is 5.92 Å². The zero-order chi connectivity index (χ0) is 15.8. The van der Waals surface area contributed by atoms with Gasteiger partial charge in [0.15, 0.2) is 0 Å². The van der Waals surface area contributed by atoms with Crippen molar-refractivity contribution >= 4 is 0 Å². The molecule has 22 heavy (non-hydrogen) atoms. The summed E-state index contributed by atoms with van der Waals surface area (Å²) in [6.45, 7) is 11.2. The van der Waals surface area contributed by atoms with Crippen molar-refractivity contribution in [3.8, 4) is 0 Å². The molecule has 2 rings (SSSR count). The Bertz CT molecular complexity index is 447. The molecule has 1 heterocycles. The quantitative estimate of drug-likeness (QED) is 0.835. The van der Waals surface area contributed by atoms with E-state index in [1.54, 1.807) is 0 Å². The Kier molecular flexibility index (Phi) is 6.94. The number of benzene rings is 1. The van der Waals surface area contributed by atoms with Crippen molar-refractivity contribution in [3.05, 3.63) is 47.7 Å². The van der Waals surface area contributed by atoms with E-state index in [1.165, 1.54) is 24.4 Å². The van der Waals surface area contributed by atoms with Crippen molar-refractivity contribution in [2.75, 3.05) is 39.8 Å². The summed E-state index contributed by atoms with van der Waals surface area (Å²) < 4.78 is 0. The van der Waals surface area contributed by atoms with Crippen LogP contribution in [0.25, 0.3) is 0 Å². The number of likely N-dealkylation sites (N-methyl/N-ethyl adjacent to an activating group) is 1. The van der Waals surface area contributed by atoms with Crippen molar-refractivity contribution in [2.45, 2.75) is 26.8 Å². The van der Waals surface area contributed by atoms with E-state index in [0.29, 0.717) is 5.92 Å². The van der Waals surface area contributed by atoms with E-state index < -0.39 is 0 Å². The summed E-state index contributed by atoms with van der Waals surface area (Å²) in [5.41, 5.74) is 2.88. The summed E-state index contributed by atoms with van der Waals surface area (Å²) in [4.78, 5) is 5.00. The third-order valence-electron chi connectivity index (χ3n) is 4.41. The summed E-state index contributed by atoms with van der Waals surface area (Å²) in [7, 11) is 2.21. The van der Waals surface area contributed by atoms with Crippen LogP contribution in [0.15, 0.2) is 42.1 Å². The fraction of sp³-hybridized carbons (Fsp3) is 0.579. The van der Waals surface area contributed by atoms with Crippen LogP contribution in [-0.2, 0) is 6.54 Å². The fourth-order valence-electron chi connectivity index (χ4n) is 3.05. The molecule has 0 radical (unpaired) electrons. The summed E-state index contributed by atoms with van der Waals surface area (Å²) in [6.07, 6.45) is 3.53. The Balaban J connectivity index is 1.84. The number of hydrogen-bond acceptors (Lipinski definition) is 3. The van der Waals surface area contributed by atoms with Gasteiger partial charge in [-0.3, -0.25) is 0 Å². The molecule has 0 amide bonds. The van der Waals surface area contributed by atoms with Gasteiger partial charge in [-0.05, 0) is 19.0 Å². The molecular weight excluding hydrogens is 270 g/mol. The molecule has 3 heteroatoms. The zero-order valence-electron chi connectivity index (χ0n) is 14.4. The Labute approximate surface area is 136 Å². The predicted octanol–water partition coefficient (Wildman–Crippen LogP) is 2.95. The summed E-state index contributed by atoms with van der Waals surface area (Å²) >= 11 is 0. The van der Waals surface area contributed by atoms with Gasteiger partial charge in [0.05, 0.1) is 0 Å². The minimum Gasteiger partial charge on any atom is -0.372 e. The van der Waals surface area contributed by atoms with Crippen molar-refractivity contribution in [1.29, 1.82) is 0 Å². The van der Waals surface area contributed by atoms with Gasteiger partial charge in [-0.25, -0.2) is 0 Å². The Morgan fingerprint density at radius 1 is 1.18 bits per heavy atom. The van der Waals surface area contributed by atoms with Gasteiger partial charge in [0.25, 0.3) is 0 Å². The molecule has 0 saturated carbocycles. The van der Waals surface area contributed by atoms with Crippen LogP contribution in [-0.4, -0.2) is 49.6 Å². The highest BCUT2D eigenvalue weighted by molar-refractivity contribution is 5.14. The average molecular weight is 301 g/mol.